The zero-order valence-corrected chi connectivity index (χ0v) is 51.9. The van der Waals surface area contributed by atoms with E-state index in [1.165, 1.54) is 19.3 Å². The summed E-state index contributed by atoms with van der Waals surface area (Å²) in [6.07, 6.45) is 104. The normalized spacial score (nSPS) is 13.5. The molecular formula is C76H114O6. The van der Waals surface area contributed by atoms with Crippen molar-refractivity contribution in [2.75, 3.05) is 13.2 Å². The molecule has 0 heterocycles. The Balaban J connectivity index is 4.50. The van der Waals surface area contributed by atoms with Gasteiger partial charge in [-0.25, -0.2) is 0 Å². The Kier molecular flexibility index (Phi) is 62.5. The molecule has 0 spiro atoms. The summed E-state index contributed by atoms with van der Waals surface area (Å²) in [6, 6.07) is 0. The summed E-state index contributed by atoms with van der Waals surface area (Å²) >= 11 is 0. The Hall–Kier alpha value is -6.01. The van der Waals surface area contributed by atoms with Crippen molar-refractivity contribution in [3.63, 3.8) is 0 Å². The second-order valence-corrected chi connectivity index (χ2v) is 20.2. The van der Waals surface area contributed by atoms with Gasteiger partial charge < -0.3 is 14.2 Å². The van der Waals surface area contributed by atoms with Crippen molar-refractivity contribution in [2.45, 2.75) is 239 Å². The maximum Gasteiger partial charge on any atom is 0.306 e. The van der Waals surface area contributed by atoms with E-state index in [9.17, 15) is 14.4 Å². The number of ether oxygens (including phenoxy) is 3. The maximum absolute atomic E-state index is 12.9. The summed E-state index contributed by atoms with van der Waals surface area (Å²) in [4.78, 5) is 38.2. The molecule has 0 aliphatic heterocycles. The van der Waals surface area contributed by atoms with Crippen molar-refractivity contribution in [1.29, 1.82) is 0 Å². The second-order valence-electron chi connectivity index (χ2n) is 20.2. The number of carbonyl (C=O) groups is 3. The van der Waals surface area contributed by atoms with Gasteiger partial charge in [0.1, 0.15) is 13.2 Å². The zero-order valence-electron chi connectivity index (χ0n) is 51.9. The highest BCUT2D eigenvalue weighted by Crippen LogP contribution is 2.12. The fourth-order valence-electron chi connectivity index (χ4n) is 7.76. The van der Waals surface area contributed by atoms with Gasteiger partial charge in [0.05, 0.1) is 0 Å². The number of esters is 3. The van der Waals surface area contributed by atoms with E-state index in [0.29, 0.717) is 19.3 Å². The van der Waals surface area contributed by atoms with Crippen LogP contribution in [-0.4, -0.2) is 37.2 Å². The Morgan fingerprint density at radius 1 is 0.256 bits per heavy atom. The number of rotatable bonds is 55. The smallest absolute Gasteiger partial charge is 0.306 e. The number of hydrogen-bond donors (Lipinski definition) is 0. The van der Waals surface area contributed by atoms with Crippen LogP contribution in [-0.2, 0) is 28.6 Å². The van der Waals surface area contributed by atoms with Crippen LogP contribution in [0, 0.1) is 0 Å². The standard InChI is InChI=1S/C76H114O6/c1-4-7-10-13-16-19-22-25-28-30-31-32-33-34-35-36-37-38-39-40-41-42-43-44-45-47-48-51-54-57-60-63-66-69-75(78)81-72-73(71-80-74(77)68-65-62-59-56-53-50-27-24-21-18-15-12-9-6-3)82-76(79)70-67-64-61-58-55-52-49-46-29-26-23-20-17-14-11-8-5-2/h7-8,10-11,15-20,24-29,31-32,34-35,37-38,40-41,43-44,47-49,52,54,57-58,61,73H,4-6,9,12-14,21-23,30,33,36,39,42,45-46,50-51,53,55-56,59-60,62-72H2,1-3H3/b10-7-,11-8-,18-15-,19-16-,20-17-,27-24-,28-25-,29-26-,32-31-,35-34-,38-37-,41-40-,44-43-,48-47-,52-49-,57-54-,61-58-. The highest BCUT2D eigenvalue weighted by molar-refractivity contribution is 5.71. The minimum atomic E-state index is -0.845. The predicted octanol–water partition coefficient (Wildman–Crippen LogP) is 22.4. The van der Waals surface area contributed by atoms with Gasteiger partial charge in [-0.05, 0) is 161 Å². The van der Waals surface area contributed by atoms with Crippen LogP contribution in [0.25, 0.3) is 0 Å². The van der Waals surface area contributed by atoms with Crippen molar-refractivity contribution in [3.8, 4) is 0 Å². The lowest BCUT2D eigenvalue weighted by molar-refractivity contribution is -0.167. The van der Waals surface area contributed by atoms with Crippen molar-refractivity contribution < 1.29 is 28.6 Å². The minimum absolute atomic E-state index is 0.133. The van der Waals surface area contributed by atoms with Crippen molar-refractivity contribution >= 4 is 17.9 Å². The average Bonchev–Trinajstić information content (AvgIpc) is 3.47. The first-order chi connectivity index (χ1) is 40.5. The van der Waals surface area contributed by atoms with Gasteiger partial charge in [0.2, 0.25) is 0 Å². The van der Waals surface area contributed by atoms with Crippen LogP contribution in [0.2, 0.25) is 0 Å². The van der Waals surface area contributed by atoms with Crippen LogP contribution in [0.4, 0.5) is 0 Å². The number of allylic oxidation sites excluding steroid dienone is 34. The zero-order chi connectivity index (χ0) is 59.2. The summed E-state index contributed by atoms with van der Waals surface area (Å²) in [5.41, 5.74) is 0. The Morgan fingerprint density at radius 3 is 0.805 bits per heavy atom. The molecule has 6 heteroatoms. The van der Waals surface area contributed by atoms with Gasteiger partial charge in [-0.1, -0.05) is 259 Å². The van der Waals surface area contributed by atoms with Crippen LogP contribution in [0.5, 0.6) is 0 Å². The monoisotopic (exact) mass is 1120 g/mol. The maximum atomic E-state index is 12.9. The summed E-state index contributed by atoms with van der Waals surface area (Å²) < 4.78 is 16.8. The van der Waals surface area contributed by atoms with E-state index in [1.807, 2.05) is 0 Å². The van der Waals surface area contributed by atoms with Crippen molar-refractivity contribution in [1.82, 2.24) is 0 Å². The lowest BCUT2D eigenvalue weighted by Gasteiger charge is -2.18. The molecule has 0 aromatic heterocycles. The first-order valence-electron chi connectivity index (χ1n) is 32.1. The number of hydrogen-bond acceptors (Lipinski definition) is 6. The molecule has 0 amide bonds. The summed E-state index contributed by atoms with van der Waals surface area (Å²) in [7, 11) is 0. The van der Waals surface area contributed by atoms with Gasteiger partial charge in [0.15, 0.2) is 6.10 Å². The topological polar surface area (TPSA) is 78.9 Å². The SMILES string of the molecule is CC/C=C\C/C=C\C/C=C\C/C=C\C/C=C\C/C=C\C/C=C\C/C=C\C/C=C\C/C=C\CCCCC(=O)OCC(COC(=O)CCCCCCC/C=C\C/C=C\CCCC)OC(=O)CCC/C=C\C/C=C\C/C=C\C/C=C\C/C=C\CC. The fraction of sp³-hybridized carbons (Fsp3) is 0.513. The molecule has 0 bridgehead atoms. The molecule has 1 atom stereocenters. The van der Waals surface area contributed by atoms with Crippen LogP contribution in [0.1, 0.15) is 233 Å². The molecule has 0 aromatic rings. The van der Waals surface area contributed by atoms with E-state index in [0.717, 1.165) is 161 Å². The van der Waals surface area contributed by atoms with Gasteiger partial charge in [-0.2, -0.15) is 0 Å². The molecule has 6 nitrogen and oxygen atoms in total. The molecular weight excluding hydrogens is 1010 g/mol. The molecule has 0 radical (unpaired) electrons. The van der Waals surface area contributed by atoms with Crippen LogP contribution >= 0.6 is 0 Å². The molecule has 0 fully saturated rings. The Bertz CT molecular complexity index is 2020. The minimum Gasteiger partial charge on any atom is -0.462 e. The van der Waals surface area contributed by atoms with E-state index >= 15 is 0 Å². The lowest BCUT2D eigenvalue weighted by atomic mass is 10.1. The van der Waals surface area contributed by atoms with Crippen molar-refractivity contribution in [2.24, 2.45) is 0 Å². The highest BCUT2D eigenvalue weighted by atomic mass is 16.6. The summed E-state index contributed by atoms with van der Waals surface area (Å²) in [6.45, 7) is 6.25. The molecule has 454 valence electrons. The predicted molar refractivity (Wildman–Crippen MR) is 357 cm³/mol. The van der Waals surface area contributed by atoms with E-state index < -0.39 is 12.1 Å². The van der Waals surface area contributed by atoms with Crippen LogP contribution < -0.4 is 0 Å². The molecule has 82 heavy (non-hydrogen) atoms. The molecule has 0 aliphatic carbocycles. The van der Waals surface area contributed by atoms with Gasteiger partial charge in [0.25, 0.3) is 0 Å². The second kappa shape index (κ2) is 67.5. The first-order valence-corrected chi connectivity index (χ1v) is 32.1. The van der Waals surface area contributed by atoms with Gasteiger partial charge in [0, 0.05) is 19.3 Å². The van der Waals surface area contributed by atoms with E-state index in [-0.39, 0.29) is 38.0 Å². The van der Waals surface area contributed by atoms with E-state index in [2.05, 4.69) is 227 Å². The summed E-state index contributed by atoms with van der Waals surface area (Å²) in [5.74, 6) is -1.06. The Morgan fingerprint density at radius 2 is 0.488 bits per heavy atom. The summed E-state index contributed by atoms with van der Waals surface area (Å²) in [5, 5.41) is 0. The van der Waals surface area contributed by atoms with Crippen LogP contribution in [0.3, 0.4) is 0 Å². The first kappa shape index (κ1) is 76.0. The number of unbranched alkanes of at least 4 members (excludes halogenated alkanes) is 10. The van der Waals surface area contributed by atoms with E-state index in [4.69, 9.17) is 14.2 Å². The molecule has 0 N–H and O–H groups in total. The number of carbonyl (C=O) groups excluding carboxylic acids is 3. The van der Waals surface area contributed by atoms with Gasteiger partial charge >= 0.3 is 17.9 Å². The average molecular weight is 1120 g/mol. The third-order valence-electron chi connectivity index (χ3n) is 12.5. The molecule has 0 rings (SSSR count). The van der Waals surface area contributed by atoms with Gasteiger partial charge in [-0.3, -0.25) is 14.4 Å². The lowest BCUT2D eigenvalue weighted by Crippen LogP contribution is -2.30. The molecule has 1 unspecified atom stereocenters. The Labute approximate surface area is 502 Å². The fourth-order valence-corrected chi connectivity index (χ4v) is 7.76. The largest absolute Gasteiger partial charge is 0.462 e. The van der Waals surface area contributed by atoms with E-state index in [1.54, 1.807) is 0 Å². The molecule has 0 aromatic carbocycles. The molecule has 0 aliphatic rings. The molecule has 0 saturated carbocycles. The quantitative estimate of drug-likeness (QED) is 0.0261. The third kappa shape index (κ3) is 64.8. The highest BCUT2D eigenvalue weighted by Gasteiger charge is 2.19. The van der Waals surface area contributed by atoms with Crippen LogP contribution in [0.15, 0.2) is 207 Å². The van der Waals surface area contributed by atoms with Gasteiger partial charge in [-0.15, -0.1) is 0 Å². The molecule has 0 saturated heterocycles. The van der Waals surface area contributed by atoms with Crippen molar-refractivity contribution in [3.05, 3.63) is 207 Å². The third-order valence-corrected chi connectivity index (χ3v) is 12.5.